The number of carbonyl (C=O) groups is 2. The number of esters is 1. The molecule has 1 aliphatic rings. The van der Waals surface area contributed by atoms with E-state index in [0.29, 0.717) is 12.8 Å². The second-order valence-corrected chi connectivity index (χ2v) is 4.66. The number of rotatable bonds is 2. The minimum absolute atomic E-state index is 0.379. The van der Waals surface area contributed by atoms with Crippen LogP contribution in [0.3, 0.4) is 0 Å². The van der Waals surface area contributed by atoms with Crippen LogP contribution in [0.4, 0.5) is 0 Å². The molecule has 2 unspecified atom stereocenters. The molecular weight excluding hydrogens is 184 g/mol. The van der Waals surface area contributed by atoms with Crippen molar-refractivity contribution in [2.75, 3.05) is 0 Å². The standard InChI is InChI=1S/C10H16O4/c1-10(2,3)14-9(13)7-5-4-6(7)8(11)12/h6-7H,4-5H2,1-3H3,(H,11,12). The van der Waals surface area contributed by atoms with Gasteiger partial charge in [0.1, 0.15) is 5.60 Å². The van der Waals surface area contributed by atoms with E-state index in [1.807, 2.05) is 0 Å². The van der Waals surface area contributed by atoms with Crippen molar-refractivity contribution in [1.29, 1.82) is 0 Å². The van der Waals surface area contributed by atoms with E-state index in [4.69, 9.17) is 9.84 Å². The first-order chi connectivity index (χ1) is 6.31. The van der Waals surface area contributed by atoms with E-state index in [0.717, 1.165) is 0 Å². The van der Waals surface area contributed by atoms with E-state index in [1.54, 1.807) is 20.8 Å². The Bertz CT molecular complexity index is 251. The molecule has 1 fully saturated rings. The zero-order valence-electron chi connectivity index (χ0n) is 8.74. The summed E-state index contributed by atoms with van der Waals surface area (Å²) in [6.07, 6.45) is 1.21. The zero-order chi connectivity index (χ0) is 10.9. The van der Waals surface area contributed by atoms with Crippen LogP contribution in [0.5, 0.6) is 0 Å². The van der Waals surface area contributed by atoms with E-state index in [1.165, 1.54) is 0 Å². The lowest BCUT2D eigenvalue weighted by Gasteiger charge is -2.33. The topological polar surface area (TPSA) is 63.6 Å². The second-order valence-electron chi connectivity index (χ2n) is 4.66. The molecule has 0 aliphatic heterocycles. The lowest BCUT2D eigenvalue weighted by molar-refractivity contribution is -0.172. The maximum Gasteiger partial charge on any atom is 0.310 e. The number of hydrogen-bond acceptors (Lipinski definition) is 3. The summed E-state index contributed by atoms with van der Waals surface area (Å²) in [5.74, 6) is -2.25. The second kappa shape index (κ2) is 3.59. The third-order valence-corrected chi connectivity index (χ3v) is 2.30. The van der Waals surface area contributed by atoms with Gasteiger partial charge in [-0.15, -0.1) is 0 Å². The van der Waals surface area contributed by atoms with Crippen LogP contribution in [0.2, 0.25) is 0 Å². The van der Waals surface area contributed by atoms with Crippen molar-refractivity contribution in [1.82, 2.24) is 0 Å². The summed E-state index contributed by atoms with van der Waals surface area (Å²) in [6.45, 7) is 5.33. The largest absolute Gasteiger partial charge is 0.481 e. The van der Waals surface area contributed by atoms with Gasteiger partial charge in [-0.05, 0) is 33.6 Å². The highest BCUT2D eigenvalue weighted by Crippen LogP contribution is 2.36. The third kappa shape index (κ3) is 2.47. The Kier molecular flexibility index (Phi) is 2.83. The van der Waals surface area contributed by atoms with Crippen LogP contribution in [0.25, 0.3) is 0 Å². The Morgan fingerprint density at radius 3 is 2.00 bits per heavy atom. The monoisotopic (exact) mass is 200 g/mol. The van der Waals surface area contributed by atoms with E-state index in [-0.39, 0.29) is 5.97 Å². The number of hydrogen-bond donors (Lipinski definition) is 1. The van der Waals surface area contributed by atoms with Crippen molar-refractivity contribution in [3.8, 4) is 0 Å². The Morgan fingerprint density at radius 2 is 1.71 bits per heavy atom. The van der Waals surface area contributed by atoms with Gasteiger partial charge in [-0.1, -0.05) is 0 Å². The first-order valence-electron chi connectivity index (χ1n) is 4.77. The number of carbonyl (C=O) groups excluding carboxylic acids is 1. The van der Waals surface area contributed by atoms with Crippen LogP contribution >= 0.6 is 0 Å². The molecule has 1 N–H and O–H groups in total. The average Bonchev–Trinajstić information content (AvgIpc) is 1.75. The highest BCUT2D eigenvalue weighted by Gasteiger charge is 2.43. The summed E-state index contributed by atoms with van der Waals surface area (Å²) in [5.41, 5.74) is -0.532. The van der Waals surface area contributed by atoms with Gasteiger partial charge in [0.05, 0.1) is 11.8 Å². The molecule has 2 atom stereocenters. The van der Waals surface area contributed by atoms with E-state index in [9.17, 15) is 9.59 Å². The van der Waals surface area contributed by atoms with Gasteiger partial charge in [0, 0.05) is 0 Å². The molecule has 0 spiro atoms. The lowest BCUT2D eigenvalue weighted by atomic mass is 9.73. The van der Waals surface area contributed by atoms with Crippen LogP contribution in [0, 0.1) is 11.8 Å². The van der Waals surface area contributed by atoms with Gasteiger partial charge in [0.25, 0.3) is 0 Å². The maximum absolute atomic E-state index is 11.5. The summed E-state index contributed by atoms with van der Waals surface area (Å²) in [5, 5.41) is 8.74. The van der Waals surface area contributed by atoms with Crippen LogP contribution in [0.1, 0.15) is 33.6 Å². The summed E-state index contributed by atoms with van der Waals surface area (Å²) in [7, 11) is 0. The minimum atomic E-state index is -0.896. The van der Waals surface area contributed by atoms with Crippen LogP contribution in [0.15, 0.2) is 0 Å². The Morgan fingerprint density at radius 1 is 1.21 bits per heavy atom. The first-order valence-corrected chi connectivity index (χ1v) is 4.77. The van der Waals surface area contributed by atoms with Gasteiger partial charge in [-0.25, -0.2) is 0 Å². The van der Waals surface area contributed by atoms with Gasteiger partial charge in [0.15, 0.2) is 0 Å². The van der Waals surface area contributed by atoms with Gasteiger partial charge >= 0.3 is 11.9 Å². The molecule has 4 nitrogen and oxygen atoms in total. The maximum atomic E-state index is 11.5. The molecular formula is C10H16O4. The van der Waals surface area contributed by atoms with Crippen molar-refractivity contribution in [3.05, 3.63) is 0 Å². The van der Waals surface area contributed by atoms with Crippen LogP contribution in [-0.4, -0.2) is 22.6 Å². The highest BCUT2D eigenvalue weighted by atomic mass is 16.6. The molecule has 14 heavy (non-hydrogen) atoms. The summed E-state index contributed by atoms with van der Waals surface area (Å²) >= 11 is 0. The highest BCUT2D eigenvalue weighted by molar-refractivity contribution is 5.83. The molecule has 0 radical (unpaired) electrons. The summed E-state index contributed by atoms with van der Waals surface area (Å²) in [4.78, 5) is 22.1. The fraction of sp³-hybridized carbons (Fsp3) is 0.800. The number of aliphatic carboxylic acids is 1. The Hall–Kier alpha value is -1.06. The SMILES string of the molecule is CC(C)(C)OC(=O)C1CCC1C(=O)O. The molecule has 0 bridgehead atoms. The molecule has 0 aromatic heterocycles. The van der Waals surface area contributed by atoms with Crippen molar-refractivity contribution in [2.45, 2.75) is 39.2 Å². The smallest absolute Gasteiger partial charge is 0.310 e. The Balaban J connectivity index is 2.51. The molecule has 0 amide bonds. The normalized spacial score (nSPS) is 26.5. The molecule has 0 aromatic carbocycles. The fourth-order valence-corrected chi connectivity index (χ4v) is 1.46. The molecule has 0 heterocycles. The number of carboxylic acids is 1. The molecule has 4 heteroatoms. The van der Waals surface area contributed by atoms with Crippen molar-refractivity contribution < 1.29 is 19.4 Å². The fourth-order valence-electron chi connectivity index (χ4n) is 1.46. The van der Waals surface area contributed by atoms with Gasteiger partial charge in [0.2, 0.25) is 0 Å². The van der Waals surface area contributed by atoms with Gasteiger partial charge in [-0.3, -0.25) is 9.59 Å². The predicted molar refractivity (Wildman–Crippen MR) is 49.7 cm³/mol. The molecule has 1 rings (SSSR count). The van der Waals surface area contributed by atoms with Crippen LogP contribution in [-0.2, 0) is 14.3 Å². The zero-order valence-corrected chi connectivity index (χ0v) is 8.74. The molecule has 1 saturated carbocycles. The van der Waals surface area contributed by atoms with Crippen LogP contribution < -0.4 is 0 Å². The van der Waals surface area contributed by atoms with Gasteiger partial charge in [-0.2, -0.15) is 0 Å². The van der Waals surface area contributed by atoms with E-state index >= 15 is 0 Å². The van der Waals surface area contributed by atoms with E-state index < -0.39 is 23.4 Å². The Labute approximate surface area is 83.2 Å². The molecule has 1 aliphatic carbocycles. The molecule has 0 aromatic rings. The average molecular weight is 200 g/mol. The quantitative estimate of drug-likeness (QED) is 0.685. The summed E-state index contributed by atoms with van der Waals surface area (Å²) in [6, 6.07) is 0. The first kappa shape index (κ1) is 11.0. The van der Waals surface area contributed by atoms with Crippen molar-refractivity contribution in [3.63, 3.8) is 0 Å². The van der Waals surface area contributed by atoms with Crippen molar-refractivity contribution >= 4 is 11.9 Å². The molecule has 0 saturated heterocycles. The van der Waals surface area contributed by atoms with E-state index in [2.05, 4.69) is 0 Å². The lowest BCUT2D eigenvalue weighted by Crippen LogP contribution is -2.41. The van der Waals surface area contributed by atoms with Gasteiger partial charge < -0.3 is 9.84 Å². The number of carboxylic acid groups (broad SMARTS) is 1. The minimum Gasteiger partial charge on any atom is -0.481 e. The summed E-state index contributed by atoms with van der Waals surface area (Å²) < 4.78 is 5.12. The molecule has 80 valence electrons. The number of ether oxygens (including phenoxy) is 1. The van der Waals surface area contributed by atoms with Crippen molar-refractivity contribution in [2.24, 2.45) is 11.8 Å². The predicted octanol–water partition coefficient (Wildman–Crippen LogP) is 1.44. The third-order valence-electron chi connectivity index (χ3n) is 2.30.